The molecule has 1 aromatic rings. The van der Waals surface area contributed by atoms with Crippen molar-refractivity contribution in [3.8, 4) is 0 Å². The third kappa shape index (κ3) is 4.69. The topological polar surface area (TPSA) is 69.2 Å². The Balaban J connectivity index is 2.18. The van der Waals surface area contributed by atoms with Crippen molar-refractivity contribution < 1.29 is 4.74 Å². The molecule has 0 amide bonds. The third-order valence-corrected chi connectivity index (χ3v) is 2.39. The van der Waals surface area contributed by atoms with Crippen LogP contribution in [0.3, 0.4) is 0 Å². The number of nitrogens with two attached hydrogens (primary N) is 1. The standard InChI is InChI=1S/C10H21N5O/c1-14(4-3-7-16-2)5-6-15-9-10(8-11)12-13-15/h9H,3-8,11H2,1-2H3. The Labute approximate surface area is 96.4 Å². The van der Waals surface area contributed by atoms with Gasteiger partial charge in [0.25, 0.3) is 0 Å². The number of nitrogens with zero attached hydrogens (tertiary/aromatic N) is 4. The quantitative estimate of drug-likeness (QED) is 0.618. The molecule has 0 aliphatic heterocycles. The zero-order valence-corrected chi connectivity index (χ0v) is 10.1. The highest BCUT2D eigenvalue weighted by atomic mass is 16.5. The van der Waals surface area contributed by atoms with Crippen LogP contribution in [0.2, 0.25) is 0 Å². The summed E-state index contributed by atoms with van der Waals surface area (Å²) < 4.78 is 6.83. The van der Waals surface area contributed by atoms with Gasteiger partial charge in [0.2, 0.25) is 0 Å². The van der Waals surface area contributed by atoms with E-state index in [4.69, 9.17) is 10.5 Å². The van der Waals surface area contributed by atoms with E-state index < -0.39 is 0 Å². The van der Waals surface area contributed by atoms with Crippen LogP contribution < -0.4 is 5.73 Å². The van der Waals surface area contributed by atoms with Crippen LogP contribution >= 0.6 is 0 Å². The Morgan fingerprint density at radius 2 is 2.31 bits per heavy atom. The van der Waals surface area contributed by atoms with Crippen LogP contribution in [0.1, 0.15) is 12.1 Å². The van der Waals surface area contributed by atoms with Gasteiger partial charge in [0, 0.05) is 39.5 Å². The summed E-state index contributed by atoms with van der Waals surface area (Å²) >= 11 is 0. The van der Waals surface area contributed by atoms with E-state index in [1.54, 1.807) is 7.11 Å². The molecule has 0 radical (unpaired) electrons. The zero-order valence-electron chi connectivity index (χ0n) is 10.1. The molecule has 0 fully saturated rings. The average Bonchev–Trinajstić information content (AvgIpc) is 2.74. The van der Waals surface area contributed by atoms with Gasteiger partial charge in [-0.25, -0.2) is 0 Å². The lowest BCUT2D eigenvalue weighted by Crippen LogP contribution is -2.25. The highest BCUT2D eigenvalue weighted by Crippen LogP contribution is 1.93. The van der Waals surface area contributed by atoms with Crippen LogP contribution in [0, 0.1) is 0 Å². The van der Waals surface area contributed by atoms with E-state index >= 15 is 0 Å². The maximum atomic E-state index is 5.46. The second-order valence-electron chi connectivity index (χ2n) is 3.83. The van der Waals surface area contributed by atoms with Gasteiger partial charge in [-0.2, -0.15) is 0 Å². The minimum atomic E-state index is 0.448. The van der Waals surface area contributed by atoms with Crippen LogP contribution in [0.4, 0.5) is 0 Å². The number of rotatable bonds is 8. The van der Waals surface area contributed by atoms with E-state index in [1.807, 2.05) is 10.9 Å². The first-order chi connectivity index (χ1) is 7.76. The number of ether oxygens (including phenoxy) is 1. The molecule has 0 aromatic carbocycles. The van der Waals surface area contributed by atoms with E-state index in [2.05, 4.69) is 22.3 Å². The number of hydrogen-bond donors (Lipinski definition) is 1. The largest absolute Gasteiger partial charge is 0.385 e. The number of hydrogen-bond acceptors (Lipinski definition) is 5. The maximum absolute atomic E-state index is 5.46. The first kappa shape index (κ1) is 13.1. The normalized spacial score (nSPS) is 11.2. The van der Waals surface area contributed by atoms with Crippen LogP contribution in [0.5, 0.6) is 0 Å². The van der Waals surface area contributed by atoms with Gasteiger partial charge in [-0.05, 0) is 13.5 Å². The molecule has 2 N–H and O–H groups in total. The van der Waals surface area contributed by atoms with Gasteiger partial charge in [-0.3, -0.25) is 4.68 Å². The summed E-state index contributed by atoms with van der Waals surface area (Å²) in [5, 5.41) is 7.93. The SMILES string of the molecule is COCCCN(C)CCn1cc(CN)nn1. The lowest BCUT2D eigenvalue weighted by atomic mass is 10.4. The molecule has 6 nitrogen and oxygen atoms in total. The van der Waals surface area contributed by atoms with E-state index in [0.29, 0.717) is 6.54 Å². The Bertz CT molecular complexity index is 288. The van der Waals surface area contributed by atoms with Gasteiger partial charge in [0.15, 0.2) is 0 Å². The van der Waals surface area contributed by atoms with Crippen molar-refractivity contribution in [3.63, 3.8) is 0 Å². The molecular weight excluding hydrogens is 206 g/mol. The fraction of sp³-hybridized carbons (Fsp3) is 0.800. The van der Waals surface area contributed by atoms with E-state index in [9.17, 15) is 0 Å². The molecular formula is C10H21N5O. The predicted molar refractivity (Wildman–Crippen MR) is 61.9 cm³/mol. The van der Waals surface area contributed by atoms with Crippen LogP contribution in [-0.2, 0) is 17.8 Å². The second-order valence-corrected chi connectivity index (χ2v) is 3.83. The van der Waals surface area contributed by atoms with Crippen molar-refractivity contribution in [2.24, 2.45) is 5.73 Å². The van der Waals surface area contributed by atoms with Gasteiger partial charge < -0.3 is 15.4 Å². The predicted octanol–water partition coefficient (Wildman–Crippen LogP) is -0.295. The Morgan fingerprint density at radius 1 is 1.50 bits per heavy atom. The molecule has 0 spiro atoms. The van der Waals surface area contributed by atoms with E-state index in [1.165, 1.54) is 0 Å². The molecule has 0 unspecified atom stereocenters. The lowest BCUT2D eigenvalue weighted by Gasteiger charge is -2.15. The Morgan fingerprint density at radius 3 is 2.94 bits per heavy atom. The molecule has 6 heteroatoms. The van der Waals surface area contributed by atoms with Crippen molar-refractivity contribution in [3.05, 3.63) is 11.9 Å². The van der Waals surface area contributed by atoms with Crippen molar-refractivity contribution in [1.29, 1.82) is 0 Å². The lowest BCUT2D eigenvalue weighted by molar-refractivity contribution is 0.178. The number of likely N-dealkylation sites (N-methyl/N-ethyl adjacent to an activating group) is 1. The summed E-state index contributed by atoms with van der Waals surface area (Å²) in [6, 6.07) is 0. The molecule has 0 saturated carbocycles. The van der Waals surface area contributed by atoms with Crippen LogP contribution in [-0.4, -0.2) is 53.7 Å². The fourth-order valence-electron chi connectivity index (χ4n) is 1.41. The van der Waals surface area contributed by atoms with Crippen LogP contribution in [0.15, 0.2) is 6.20 Å². The van der Waals surface area contributed by atoms with Gasteiger partial charge in [0.1, 0.15) is 0 Å². The molecule has 92 valence electrons. The molecule has 0 aliphatic rings. The number of aromatic nitrogens is 3. The summed E-state index contributed by atoms with van der Waals surface area (Å²) in [4.78, 5) is 2.25. The van der Waals surface area contributed by atoms with E-state index in [0.717, 1.165) is 38.4 Å². The minimum Gasteiger partial charge on any atom is -0.385 e. The minimum absolute atomic E-state index is 0.448. The second kappa shape index (κ2) is 7.32. The molecule has 0 saturated heterocycles. The molecule has 0 atom stereocenters. The van der Waals surface area contributed by atoms with Crippen molar-refractivity contribution in [1.82, 2.24) is 19.9 Å². The summed E-state index contributed by atoms with van der Waals surface area (Å²) in [6.07, 6.45) is 2.95. The molecule has 16 heavy (non-hydrogen) atoms. The summed E-state index contributed by atoms with van der Waals surface area (Å²) in [7, 11) is 3.82. The maximum Gasteiger partial charge on any atom is 0.0962 e. The molecule has 0 aliphatic carbocycles. The average molecular weight is 227 g/mol. The van der Waals surface area contributed by atoms with Gasteiger partial charge >= 0.3 is 0 Å². The smallest absolute Gasteiger partial charge is 0.0962 e. The van der Waals surface area contributed by atoms with Crippen molar-refractivity contribution >= 4 is 0 Å². The Hall–Kier alpha value is -0.980. The molecule has 0 bridgehead atoms. The molecule has 1 aromatic heterocycles. The molecule has 1 heterocycles. The fourth-order valence-corrected chi connectivity index (χ4v) is 1.41. The van der Waals surface area contributed by atoms with E-state index in [-0.39, 0.29) is 0 Å². The molecule has 1 rings (SSSR count). The Kier molecular flexibility index (Phi) is 5.99. The summed E-state index contributed by atoms with van der Waals surface area (Å²) in [6.45, 7) is 4.09. The van der Waals surface area contributed by atoms with Crippen molar-refractivity contribution in [2.75, 3.05) is 33.9 Å². The van der Waals surface area contributed by atoms with Crippen LogP contribution in [0.25, 0.3) is 0 Å². The summed E-state index contributed by atoms with van der Waals surface area (Å²) in [5.41, 5.74) is 6.30. The third-order valence-electron chi connectivity index (χ3n) is 2.39. The number of methoxy groups -OCH3 is 1. The highest BCUT2D eigenvalue weighted by Gasteiger charge is 2.01. The van der Waals surface area contributed by atoms with Gasteiger partial charge in [-0.15, -0.1) is 5.10 Å². The monoisotopic (exact) mass is 227 g/mol. The van der Waals surface area contributed by atoms with Gasteiger partial charge in [-0.1, -0.05) is 5.21 Å². The first-order valence-corrected chi connectivity index (χ1v) is 5.53. The summed E-state index contributed by atoms with van der Waals surface area (Å²) in [5.74, 6) is 0. The first-order valence-electron chi connectivity index (χ1n) is 5.53. The van der Waals surface area contributed by atoms with Gasteiger partial charge in [0.05, 0.1) is 12.2 Å². The van der Waals surface area contributed by atoms with Crippen molar-refractivity contribution in [2.45, 2.75) is 19.5 Å². The highest BCUT2D eigenvalue weighted by molar-refractivity contribution is 4.90. The zero-order chi connectivity index (χ0) is 11.8.